The summed E-state index contributed by atoms with van der Waals surface area (Å²) in [6.07, 6.45) is 3.00. The number of aromatic nitrogens is 3. The van der Waals surface area contributed by atoms with Gasteiger partial charge in [0.2, 0.25) is 5.01 Å². The number of nitrogens with zero attached hydrogens (tertiary/aromatic N) is 4. The van der Waals surface area contributed by atoms with Crippen molar-refractivity contribution in [2.75, 3.05) is 32.6 Å². The van der Waals surface area contributed by atoms with E-state index in [1.807, 2.05) is 19.0 Å². The Hall–Kier alpha value is -1.91. The van der Waals surface area contributed by atoms with Gasteiger partial charge in [-0.25, -0.2) is 0 Å². The summed E-state index contributed by atoms with van der Waals surface area (Å²) in [6.45, 7) is 1.42. The van der Waals surface area contributed by atoms with E-state index in [9.17, 15) is 4.79 Å². The number of amides is 1. The highest BCUT2D eigenvalue weighted by Crippen LogP contribution is 2.38. The van der Waals surface area contributed by atoms with Gasteiger partial charge in [0, 0.05) is 24.6 Å². The van der Waals surface area contributed by atoms with Crippen LogP contribution in [0.25, 0.3) is 0 Å². The quantitative estimate of drug-likeness (QED) is 0.516. The number of nitrogens with one attached hydrogen (secondary N) is 1. The van der Waals surface area contributed by atoms with E-state index in [-0.39, 0.29) is 10.9 Å². The largest absolute Gasteiger partial charge is 0.492 e. The van der Waals surface area contributed by atoms with Gasteiger partial charge in [-0.2, -0.15) is 0 Å². The van der Waals surface area contributed by atoms with Crippen LogP contribution in [-0.4, -0.2) is 53.2 Å². The lowest BCUT2D eigenvalue weighted by Gasteiger charge is -2.11. The zero-order chi connectivity index (χ0) is 20.8. The lowest BCUT2D eigenvalue weighted by molar-refractivity contribution is 0.102. The molecule has 0 spiro atoms. The van der Waals surface area contributed by atoms with Crippen LogP contribution in [0, 0.1) is 0 Å². The van der Waals surface area contributed by atoms with E-state index >= 15 is 0 Å². The van der Waals surface area contributed by atoms with Crippen molar-refractivity contribution < 1.29 is 9.53 Å². The molecular weight excluding hydrogens is 453 g/mol. The Morgan fingerprint density at radius 2 is 1.86 bits per heavy atom. The van der Waals surface area contributed by atoms with Crippen molar-refractivity contribution >= 4 is 57.9 Å². The minimum atomic E-state index is -0.345. The van der Waals surface area contributed by atoms with Crippen LogP contribution in [0.15, 0.2) is 45.9 Å². The molecule has 0 atom stereocenters. The van der Waals surface area contributed by atoms with Crippen LogP contribution in [0.5, 0.6) is 5.75 Å². The fraction of sp³-hybridized carbons (Fsp3) is 0.222. The maximum atomic E-state index is 12.4. The van der Waals surface area contributed by atoms with Gasteiger partial charge >= 0.3 is 0 Å². The molecule has 0 saturated carbocycles. The lowest BCUT2D eigenvalue weighted by Crippen LogP contribution is -2.19. The minimum Gasteiger partial charge on any atom is -0.492 e. The summed E-state index contributed by atoms with van der Waals surface area (Å²) >= 11 is 14.6. The second kappa shape index (κ2) is 10.2. The van der Waals surface area contributed by atoms with Crippen molar-refractivity contribution in [1.29, 1.82) is 0 Å². The Kier molecular flexibility index (Phi) is 7.68. The molecule has 0 aliphatic carbocycles. The SMILES string of the molecule is CN(C)CCOc1ccc(NC(=O)c2nnc(Sc3c(Cl)cncc3Cl)s2)cc1. The summed E-state index contributed by atoms with van der Waals surface area (Å²) in [6, 6.07) is 7.16. The smallest absolute Gasteiger partial charge is 0.286 e. The van der Waals surface area contributed by atoms with Gasteiger partial charge < -0.3 is 15.0 Å². The van der Waals surface area contributed by atoms with Gasteiger partial charge in [-0.3, -0.25) is 9.78 Å². The topological polar surface area (TPSA) is 80.2 Å². The molecule has 3 aromatic rings. The molecule has 2 aromatic heterocycles. The van der Waals surface area contributed by atoms with Crippen molar-refractivity contribution in [1.82, 2.24) is 20.1 Å². The zero-order valence-electron chi connectivity index (χ0n) is 15.6. The molecule has 3 rings (SSSR count). The van der Waals surface area contributed by atoms with Gasteiger partial charge in [-0.1, -0.05) is 46.3 Å². The van der Waals surface area contributed by atoms with Crippen LogP contribution < -0.4 is 10.1 Å². The summed E-state index contributed by atoms with van der Waals surface area (Å²) in [7, 11) is 3.97. The number of carbonyl (C=O) groups excluding carboxylic acids is 1. The molecule has 0 bridgehead atoms. The number of likely N-dealkylation sites (N-methyl/N-ethyl adjacent to an activating group) is 1. The van der Waals surface area contributed by atoms with E-state index in [2.05, 4.69) is 20.5 Å². The number of halogens is 2. The molecule has 29 heavy (non-hydrogen) atoms. The van der Waals surface area contributed by atoms with Crippen LogP contribution in [0.3, 0.4) is 0 Å². The molecule has 1 amide bonds. The predicted molar refractivity (Wildman–Crippen MR) is 117 cm³/mol. The number of ether oxygens (including phenoxy) is 1. The molecule has 0 aliphatic heterocycles. The molecular formula is C18H17Cl2N5O2S2. The first kappa shape index (κ1) is 21.8. The van der Waals surface area contributed by atoms with Gasteiger partial charge in [0.25, 0.3) is 5.91 Å². The van der Waals surface area contributed by atoms with E-state index in [1.54, 1.807) is 24.3 Å². The highest BCUT2D eigenvalue weighted by atomic mass is 35.5. The van der Waals surface area contributed by atoms with Gasteiger partial charge in [0.15, 0.2) is 4.34 Å². The highest BCUT2D eigenvalue weighted by molar-refractivity contribution is 8.01. The Morgan fingerprint density at radius 1 is 1.17 bits per heavy atom. The van der Waals surface area contributed by atoms with Gasteiger partial charge in [0.05, 0.1) is 14.9 Å². The standard InChI is InChI=1S/C18H17Cl2N5O2S2/c1-25(2)7-8-27-12-5-3-11(4-6-12)22-16(26)17-23-24-18(29-17)28-15-13(19)9-21-10-14(15)20/h3-6,9-10H,7-8H2,1-2H3,(H,22,26). The Balaban J connectivity index is 1.59. The third-order valence-electron chi connectivity index (χ3n) is 3.52. The third-order valence-corrected chi connectivity index (χ3v) is 6.43. The van der Waals surface area contributed by atoms with Crippen LogP contribution in [0.1, 0.15) is 9.80 Å². The average molecular weight is 470 g/mol. The van der Waals surface area contributed by atoms with Crippen LogP contribution >= 0.6 is 46.3 Å². The van der Waals surface area contributed by atoms with Crippen LogP contribution in [-0.2, 0) is 0 Å². The second-order valence-corrected chi connectivity index (χ2v) is 9.09. The van der Waals surface area contributed by atoms with Gasteiger partial charge in [0.1, 0.15) is 12.4 Å². The highest BCUT2D eigenvalue weighted by Gasteiger charge is 2.16. The van der Waals surface area contributed by atoms with E-state index in [4.69, 9.17) is 27.9 Å². The number of carbonyl (C=O) groups is 1. The Morgan fingerprint density at radius 3 is 2.52 bits per heavy atom. The average Bonchev–Trinajstić information content (AvgIpc) is 3.15. The lowest BCUT2D eigenvalue weighted by atomic mass is 10.3. The maximum absolute atomic E-state index is 12.4. The van der Waals surface area contributed by atoms with Crippen LogP contribution in [0.4, 0.5) is 5.69 Å². The zero-order valence-corrected chi connectivity index (χ0v) is 18.7. The molecule has 11 heteroatoms. The number of benzene rings is 1. The number of hydrogen-bond acceptors (Lipinski definition) is 8. The van der Waals surface area contributed by atoms with Gasteiger partial charge in [-0.15, -0.1) is 10.2 Å². The molecule has 7 nitrogen and oxygen atoms in total. The maximum Gasteiger partial charge on any atom is 0.286 e. The summed E-state index contributed by atoms with van der Waals surface area (Å²) in [5.74, 6) is 0.396. The summed E-state index contributed by atoms with van der Waals surface area (Å²) in [4.78, 5) is 19.0. The molecule has 0 aliphatic rings. The molecule has 2 heterocycles. The van der Waals surface area contributed by atoms with E-state index in [0.717, 1.165) is 23.6 Å². The predicted octanol–water partition coefficient (Wildman–Crippen LogP) is 4.58. The van der Waals surface area contributed by atoms with Crippen molar-refractivity contribution in [3.63, 3.8) is 0 Å². The fourth-order valence-corrected chi connectivity index (χ4v) is 4.37. The molecule has 0 unspecified atom stereocenters. The van der Waals surface area contributed by atoms with Crippen molar-refractivity contribution in [3.05, 3.63) is 51.7 Å². The first-order valence-corrected chi connectivity index (χ1v) is 10.8. The van der Waals surface area contributed by atoms with E-state index in [1.165, 1.54) is 24.2 Å². The van der Waals surface area contributed by atoms with E-state index in [0.29, 0.717) is 31.6 Å². The van der Waals surface area contributed by atoms with Gasteiger partial charge in [-0.05, 0) is 38.4 Å². The van der Waals surface area contributed by atoms with Crippen LogP contribution in [0.2, 0.25) is 10.0 Å². The second-order valence-electron chi connectivity index (χ2n) is 6.04. The number of rotatable bonds is 8. The van der Waals surface area contributed by atoms with E-state index < -0.39 is 0 Å². The molecule has 1 aromatic carbocycles. The summed E-state index contributed by atoms with van der Waals surface area (Å²) in [5.41, 5.74) is 0.639. The molecule has 152 valence electrons. The first-order valence-electron chi connectivity index (χ1n) is 8.41. The number of anilines is 1. The molecule has 0 radical (unpaired) electrons. The van der Waals surface area contributed by atoms with Crippen molar-refractivity contribution in [3.8, 4) is 5.75 Å². The fourth-order valence-electron chi connectivity index (χ4n) is 2.09. The van der Waals surface area contributed by atoms with Crippen molar-refractivity contribution in [2.45, 2.75) is 9.24 Å². The monoisotopic (exact) mass is 469 g/mol. The third kappa shape index (κ3) is 6.28. The van der Waals surface area contributed by atoms with Crippen molar-refractivity contribution in [2.24, 2.45) is 0 Å². The molecule has 0 saturated heterocycles. The summed E-state index contributed by atoms with van der Waals surface area (Å²) in [5, 5.41) is 11.8. The summed E-state index contributed by atoms with van der Waals surface area (Å²) < 4.78 is 6.19. The number of pyridine rings is 1. The number of hydrogen-bond donors (Lipinski definition) is 1. The normalized spacial score (nSPS) is 10.9. The Bertz CT molecular complexity index is 962. The molecule has 0 fully saturated rings. The first-order chi connectivity index (χ1) is 13.9. The Labute approximate surface area is 186 Å². The molecule has 1 N–H and O–H groups in total. The minimum absolute atomic E-state index is 0.236.